The topological polar surface area (TPSA) is 98.7 Å². The fourth-order valence-corrected chi connectivity index (χ4v) is 2.00. The number of carbonyl (C=O) groups is 2. The minimum absolute atomic E-state index is 0.325. The molecule has 0 saturated heterocycles. The number of aliphatic hydroxyl groups is 1. The smallest absolute Gasteiger partial charge is 0.268 e. The van der Waals surface area contributed by atoms with Crippen LogP contribution in [0.2, 0.25) is 0 Å². The Bertz CT molecular complexity index is 679. The molecule has 0 aliphatic heterocycles. The number of hydrogen-bond acceptors (Lipinski definition) is 4. The molecule has 6 heteroatoms. The summed E-state index contributed by atoms with van der Waals surface area (Å²) in [5, 5.41) is 20.5. The number of hydroxylamine groups is 1. The maximum absolute atomic E-state index is 12.1. The van der Waals surface area contributed by atoms with Gasteiger partial charge >= 0.3 is 0 Å². The molecule has 1 aromatic rings. The van der Waals surface area contributed by atoms with E-state index in [2.05, 4.69) is 23.2 Å². The Balaban J connectivity index is 1.98. The molecule has 1 aromatic carbocycles. The van der Waals surface area contributed by atoms with Gasteiger partial charge in [0, 0.05) is 11.1 Å². The lowest BCUT2D eigenvalue weighted by molar-refractivity contribution is -0.133. The number of nitrogens with one attached hydrogen (secondary N) is 2. The number of benzene rings is 1. The molecule has 24 heavy (non-hydrogen) atoms. The third-order valence-electron chi connectivity index (χ3n) is 3.60. The first-order chi connectivity index (χ1) is 11.5. The summed E-state index contributed by atoms with van der Waals surface area (Å²) in [7, 11) is 0. The Hall–Kier alpha value is -2.62. The fourth-order valence-electron chi connectivity index (χ4n) is 2.00. The van der Waals surface area contributed by atoms with Crippen molar-refractivity contribution in [2.24, 2.45) is 5.92 Å². The number of aliphatic hydroxyl groups excluding tert-OH is 1. The normalized spacial score (nSPS) is 16.0. The molecule has 6 nitrogen and oxygen atoms in total. The van der Waals surface area contributed by atoms with Gasteiger partial charge < -0.3 is 10.4 Å². The lowest BCUT2D eigenvalue weighted by Gasteiger charge is -2.19. The molecule has 0 bridgehead atoms. The van der Waals surface area contributed by atoms with Crippen molar-refractivity contribution in [1.82, 2.24) is 10.8 Å². The first-order valence-electron chi connectivity index (χ1n) is 7.72. The van der Waals surface area contributed by atoms with Crippen molar-refractivity contribution in [2.45, 2.75) is 31.9 Å². The molecule has 126 valence electrons. The number of hydrogen-bond donors (Lipinski definition) is 4. The van der Waals surface area contributed by atoms with E-state index in [1.54, 1.807) is 24.3 Å². The highest BCUT2D eigenvalue weighted by Gasteiger charge is 2.25. The van der Waals surface area contributed by atoms with Gasteiger partial charge in [-0.05, 0) is 56.0 Å². The molecular formula is C18H20N2O4. The van der Waals surface area contributed by atoms with Crippen LogP contribution in [-0.2, 0) is 4.79 Å². The van der Waals surface area contributed by atoms with Crippen LogP contribution in [0, 0.1) is 17.8 Å². The lowest BCUT2D eigenvalue weighted by Crippen LogP contribution is -2.51. The van der Waals surface area contributed by atoms with E-state index in [4.69, 9.17) is 5.21 Å². The second kappa shape index (κ2) is 8.29. The van der Waals surface area contributed by atoms with Gasteiger partial charge in [-0.1, -0.05) is 17.9 Å². The zero-order valence-corrected chi connectivity index (χ0v) is 13.3. The van der Waals surface area contributed by atoms with Crippen molar-refractivity contribution in [1.29, 1.82) is 0 Å². The van der Waals surface area contributed by atoms with Crippen LogP contribution in [0.4, 0.5) is 0 Å². The predicted octanol–water partition coefficient (Wildman–Crippen LogP) is 0.989. The monoisotopic (exact) mass is 328 g/mol. The second-order valence-corrected chi connectivity index (χ2v) is 5.71. The van der Waals surface area contributed by atoms with E-state index >= 15 is 0 Å². The molecule has 2 amide bonds. The first-order valence-corrected chi connectivity index (χ1v) is 7.72. The van der Waals surface area contributed by atoms with Gasteiger partial charge in [-0.3, -0.25) is 14.8 Å². The Morgan fingerprint density at radius 2 is 1.96 bits per heavy atom. The summed E-state index contributed by atoms with van der Waals surface area (Å²) < 4.78 is 0. The van der Waals surface area contributed by atoms with E-state index in [0.29, 0.717) is 11.5 Å². The minimum Gasteiger partial charge on any atom is -0.391 e. The van der Waals surface area contributed by atoms with E-state index in [1.165, 1.54) is 25.2 Å². The van der Waals surface area contributed by atoms with Crippen molar-refractivity contribution < 1.29 is 19.9 Å². The standard InChI is InChI=1S/C18H20N2O4/c1-12(21)16(18(23)20-24)19-17(22)15-10-8-14(9-11-15)5-3-2-4-13-6-7-13/h2,4,8-13,16,21,24H,6-7H2,1H3,(H,19,22)(H,20,23)/t12-,16+/m1/s1. The van der Waals surface area contributed by atoms with E-state index in [-0.39, 0.29) is 0 Å². The Kier molecular flexibility index (Phi) is 6.13. The van der Waals surface area contributed by atoms with E-state index in [1.807, 2.05) is 6.08 Å². The van der Waals surface area contributed by atoms with Crippen LogP contribution in [-0.4, -0.2) is 34.3 Å². The van der Waals surface area contributed by atoms with Gasteiger partial charge in [0.15, 0.2) is 0 Å². The van der Waals surface area contributed by atoms with Crippen molar-refractivity contribution >= 4 is 11.8 Å². The number of allylic oxidation sites excluding steroid dienone is 2. The molecule has 1 fully saturated rings. The summed E-state index contributed by atoms with van der Waals surface area (Å²) in [5.41, 5.74) is 2.51. The molecular weight excluding hydrogens is 308 g/mol. The quantitative estimate of drug-likeness (QED) is 0.368. The lowest BCUT2D eigenvalue weighted by atomic mass is 10.1. The van der Waals surface area contributed by atoms with Crippen LogP contribution < -0.4 is 10.8 Å². The summed E-state index contributed by atoms with van der Waals surface area (Å²) in [6.45, 7) is 1.34. The maximum atomic E-state index is 12.1. The molecule has 0 spiro atoms. The molecule has 1 aliphatic carbocycles. The highest BCUT2D eigenvalue weighted by Crippen LogP contribution is 2.29. The third kappa shape index (κ3) is 5.23. The van der Waals surface area contributed by atoms with E-state index in [0.717, 1.165) is 5.56 Å². The number of amides is 2. The van der Waals surface area contributed by atoms with Crippen LogP contribution in [0.25, 0.3) is 0 Å². The van der Waals surface area contributed by atoms with Gasteiger partial charge in [0.2, 0.25) is 0 Å². The second-order valence-electron chi connectivity index (χ2n) is 5.71. The fraction of sp³-hybridized carbons (Fsp3) is 0.333. The molecule has 1 saturated carbocycles. The van der Waals surface area contributed by atoms with Crippen LogP contribution >= 0.6 is 0 Å². The summed E-state index contributed by atoms with van der Waals surface area (Å²) in [6, 6.07) is 5.33. The van der Waals surface area contributed by atoms with Crippen LogP contribution in [0.5, 0.6) is 0 Å². The van der Waals surface area contributed by atoms with Crippen LogP contribution in [0.3, 0.4) is 0 Å². The molecule has 0 radical (unpaired) electrons. The predicted molar refractivity (Wildman–Crippen MR) is 88.0 cm³/mol. The van der Waals surface area contributed by atoms with E-state index < -0.39 is 24.0 Å². The van der Waals surface area contributed by atoms with Gasteiger partial charge in [-0.25, -0.2) is 5.48 Å². The van der Waals surface area contributed by atoms with Crippen LogP contribution in [0.15, 0.2) is 36.4 Å². The minimum atomic E-state index is -1.24. The number of rotatable bonds is 5. The molecule has 1 aliphatic rings. The van der Waals surface area contributed by atoms with Crippen molar-refractivity contribution in [3.05, 3.63) is 47.5 Å². The molecule has 2 atom stereocenters. The highest BCUT2D eigenvalue weighted by atomic mass is 16.5. The molecule has 4 N–H and O–H groups in total. The summed E-state index contributed by atoms with van der Waals surface area (Å²) in [5.74, 6) is 5.19. The van der Waals surface area contributed by atoms with Crippen molar-refractivity contribution in [3.8, 4) is 11.8 Å². The molecule has 0 aromatic heterocycles. The van der Waals surface area contributed by atoms with Gasteiger partial charge in [0.25, 0.3) is 11.8 Å². The van der Waals surface area contributed by atoms with Crippen LogP contribution in [0.1, 0.15) is 35.7 Å². The molecule has 0 unspecified atom stereocenters. The summed E-state index contributed by atoms with van der Waals surface area (Å²) in [6.07, 6.45) is 5.27. The van der Waals surface area contributed by atoms with Crippen molar-refractivity contribution in [3.63, 3.8) is 0 Å². The molecule has 0 heterocycles. The SMILES string of the molecule is C[C@@H](O)[C@H](NC(=O)c1ccc(C#CC=CC2CC2)cc1)C(=O)NO. The largest absolute Gasteiger partial charge is 0.391 e. The van der Waals surface area contributed by atoms with E-state index in [9.17, 15) is 14.7 Å². The van der Waals surface area contributed by atoms with Gasteiger partial charge in [-0.15, -0.1) is 0 Å². The summed E-state index contributed by atoms with van der Waals surface area (Å²) in [4.78, 5) is 23.5. The van der Waals surface area contributed by atoms with Crippen molar-refractivity contribution in [2.75, 3.05) is 0 Å². The molecule has 2 rings (SSSR count). The zero-order chi connectivity index (χ0) is 17.5. The maximum Gasteiger partial charge on any atom is 0.268 e. The Morgan fingerprint density at radius 3 is 2.50 bits per heavy atom. The Labute approximate surface area is 140 Å². The Morgan fingerprint density at radius 1 is 1.29 bits per heavy atom. The first kappa shape index (κ1) is 17.7. The van der Waals surface area contributed by atoms with Gasteiger partial charge in [0.1, 0.15) is 6.04 Å². The summed E-state index contributed by atoms with van der Waals surface area (Å²) >= 11 is 0. The average molecular weight is 328 g/mol. The highest BCUT2D eigenvalue weighted by molar-refractivity contribution is 5.97. The third-order valence-corrected chi connectivity index (χ3v) is 3.60. The zero-order valence-electron chi connectivity index (χ0n) is 13.3. The number of carbonyl (C=O) groups excluding carboxylic acids is 2. The average Bonchev–Trinajstić information content (AvgIpc) is 3.40. The van der Waals surface area contributed by atoms with Gasteiger partial charge in [0.05, 0.1) is 6.10 Å². The van der Waals surface area contributed by atoms with Gasteiger partial charge in [-0.2, -0.15) is 0 Å².